The molecule has 0 aromatic carbocycles. The summed E-state index contributed by atoms with van der Waals surface area (Å²) in [5.41, 5.74) is 0. The molecule has 0 aliphatic heterocycles. The van der Waals surface area contributed by atoms with Gasteiger partial charge in [0, 0.05) is 12.6 Å². The summed E-state index contributed by atoms with van der Waals surface area (Å²) in [6, 6.07) is 0.0564. The van der Waals surface area contributed by atoms with Crippen LogP contribution in [0.2, 0.25) is 0 Å². The number of carboxylic acids is 1. The average molecular weight is 260 g/mol. The Morgan fingerprint density at radius 1 is 1.28 bits per heavy atom. The van der Waals surface area contributed by atoms with E-state index < -0.39 is 12.6 Å². The summed E-state index contributed by atoms with van der Waals surface area (Å²) in [5, 5.41) is 11.2. The number of rotatable bonds is 9. The number of nitrogens with zero attached hydrogens (tertiary/aromatic N) is 1. The number of ether oxygens (including phenoxy) is 1. The largest absolute Gasteiger partial charge is 0.480 e. The van der Waals surface area contributed by atoms with Crippen LogP contribution < -0.4 is 5.32 Å². The minimum Gasteiger partial charge on any atom is -0.480 e. The second-order valence-electron chi connectivity index (χ2n) is 5.04. The van der Waals surface area contributed by atoms with Crippen LogP contribution in [0.3, 0.4) is 0 Å². The molecule has 0 saturated heterocycles. The van der Waals surface area contributed by atoms with E-state index in [0.717, 1.165) is 13.0 Å². The van der Waals surface area contributed by atoms with Crippen molar-refractivity contribution in [1.29, 1.82) is 0 Å². The van der Waals surface area contributed by atoms with Crippen molar-refractivity contribution in [3.05, 3.63) is 0 Å². The number of hydrogen-bond acceptors (Lipinski definition) is 4. The molecule has 0 saturated carbocycles. The molecule has 0 aromatic rings. The van der Waals surface area contributed by atoms with Gasteiger partial charge in [0.2, 0.25) is 5.91 Å². The average Bonchev–Trinajstić information content (AvgIpc) is 2.13. The standard InChI is InChI=1S/C12H24N2O4/c1-9(2)5-10(6-14(3)4)13-11(15)7-18-8-12(16)17/h9-10H,5-8H2,1-4H3,(H,13,15)(H,16,17). The van der Waals surface area contributed by atoms with Gasteiger partial charge in [-0.05, 0) is 26.4 Å². The van der Waals surface area contributed by atoms with E-state index in [1.807, 2.05) is 19.0 Å². The van der Waals surface area contributed by atoms with Crippen molar-refractivity contribution in [3.8, 4) is 0 Å². The lowest BCUT2D eigenvalue weighted by Gasteiger charge is -2.23. The monoisotopic (exact) mass is 260 g/mol. The summed E-state index contributed by atoms with van der Waals surface area (Å²) >= 11 is 0. The van der Waals surface area contributed by atoms with E-state index in [4.69, 9.17) is 9.84 Å². The number of carboxylic acid groups (broad SMARTS) is 1. The summed E-state index contributed by atoms with van der Waals surface area (Å²) in [6.45, 7) is 4.28. The number of hydrogen-bond donors (Lipinski definition) is 2. The summed E-state index contributed by atoms with van der Waals surface area (Å²) in [4.78, 5) is 23.8. The van der Waals surface area contributed by atoms with Crippen molar-refractivity contribution < 1.29 is 19.4 Å². The van der Waals surface area contributed by atoms with Gasteiger partial charge in [-0.1, -0.05) is 13.8 Å². The molecular formula is C12H24N2O4. The van der Waals surface area contributed by atoms with Gasteiger partial charge in [-0.15, -0.1) is 0 Å². The molecule has 0 rings (SSSR count). The van der Waals surface area contributed by atoms with Gasteiger partial charge in [0.15, 0.2) is 0 Å². The summed E-state index contributed by atoms with van der Waals surface area (Å²) in [6.07, 6.45) is 0.878. The Kier molecular flexibility index (Phi) is 8.32. The van der Waals surface area contributed by atoms with Crippen LogP contribution in [0.15, 0.2) is 0 Å². The maximum absolute atomic E-state index is 11.6. The number of nitrogens with one attached hydrogen (secondary N) is 1. The summed E-state index contributed by atoms with van der Waals surface area (Å²) in [7, 11) is 3.89. The maximum atomic E-state index is 11.6. The van der Waals surface area contributed by atoms with E-state index in [2.05, 4.69) is 19.2 Å². The molecule has 0 radical (unpaired) electrons. The van der Waals surface area contributed by atoms with E-state index in [-0.39, 0.29) is 18.6 Å². The van der Waals surface area contributed by atoms with Crippen LogP contribution in [0.4, 0.5) is 0 Å². The van der Waals surface area contributed by atoms with E-state index in [9.17, 15) is 9.59 Å². The van der Waals surface area contributed by atoms with Crippen LogP contribution in [0.25, 0.3) is 0 Å². The van der Waals surface area contributed by atoms with Crippen molar-refractivity contribution in [1.82, 2.24) is 10.2 Å². The summed E-state index contributed by atoms with van der Waals surface area (Å²) in [5.74, 6) is -0.867. The molecule has 0 aromatic heterocycles. The SMILES string of the molecule is CC(C)CC(CN(C)C)NC(=O)COCC(=O)O. The molecule has 0 fully saturated rings. The second-order valence-corrected chi connectivity index (χ2v) is 5.04. The molecule has 6 nitrogen and oxygen atoms in total. The van der Waals surface area contributed by atoms with Gasteiger partial charge in [-0.2, -0.15) is 0 Å². The zero-order valence-electron chi connectivity index (χ0n) is 11.6. The van der Waals surface area contributed by atoms with Gasteiger partial charge >= 0.3 is 5.97 Å². The zero-order chi connectivity index (χ0) is 14.1. The molecular weight excluding hydrogens is 236 g/mol. The second kappa shape index (κ2) is 8.88. The lowest BCUT2D eigenvalue weighted by molar-refractivity contribution is -0.143. The smallest absolute Gasteiger partial charge is 0.329 e. The van der Waals surface area contributed by atoms with Crippen LogP contribution in [-0.4, -0.2) is 61.8 Å². The third-order valence-corrected chi connectivity index (χ3v) is 2.17. The van der Waals surface area contributed by atoms with Crippen LogP contribution in [0.5, 0.6) is 0 Å². The van der Waals surface area contributed by atoms with Crippen molar-refractivity contribution in [2.45, 2.75) is 26.3 Å². The molecule has 0 aliphatic carbocycles. The Balaban J connectivity index is 4.05. The number of carbonyl (C=O) groups is 2. The predicted molar refractivity (Wildman–Crippen MR) is 68.4 cm³/mol. The number of amides is 1. The van der Waals surface area contributed by atoms with Gasteiger partial charge in [0.25, 0.3) is 0 Å². The molecule has 0 heterocycles. The number of likely N-dealkylation sites (N-methyl/N-ethyl adjacent to an activating group) is 1. The van der Waals surface area contributed by atoms with Gasteiger partial charge in [-0.3, -0.25) is 4.79 Å². The Morgan fingerprint density at radius 3 is 2.33 bits per heavy atom. The van der Waals surface area contributed by atoms with E-state index >= 15 is 0 Å². The molecule has 6 heteroatoms. The van der Waals surface area contributed by atoms with Crippen LogP contribution in [0.1, 0.15) is 20.3 Å². The van der Waals surface area contributed by atoms with Gasteiger partial charge in [0.05, 0.1) is 0 Å². The Hall–Kier alpha value is -1.14. The molecule has 1 atom stereocenters. The molecule has 18 heavy (non-hydrogen) atoms. The van der Waals surface area contributed by atoms with Gasteiger partial charge < -0.3 is 20.1 Å². The molecule has 0 aliphatic rings. The van der Waals surface area contributed by atoms with Gasteiger partial charge in [-0.25, -0.2) is 4.79 Å². The first-order valence-electron chi connectivity index (χ1n) is 6.05. The first-order valence-corrected chi connectivity index (χ1v) is 6.05. The Morgan fingerprint density at radius 2 is 1.89 bits per heavy atom. The lowest BCUT2D eigenvalue weighted by atomic mass is 10.0. The third-order valence-electron chi connectivity index (χ3n) is 2.17. The molecule has 0 spiro atoms. The minimum atomic E-state index is -1.07. The minimum absolute atomic E-state index is 0.0564. The number of aliphatic carboxylic acids is 1. The Bertz CT molecular complexity index is 257. The van der Waals surface area contributed by atoms with Crippen molar-refractivity contribution >= 4 is 11.9 Å². The number of carbonyl (C=O) groups excluding carboxylic acids is 1. The van der Waals surface area contributed by atoms with E-state index in [0.29, 0.717) is 5.92 Å². The molecule has 106 valence electrons. The highest BCUT2D eigenvalue weighted by molar-refractivity contribution is 5.78. The maximum Gasteiger partial charge on any atom is 0.329 e. The molecule has 1 amide bonds. The highest BCUT2D eigenvalue weighted by atomic mass is 16.5. The van der Waals surface area contributed by atoms with Crippen molar-refractivity contribution in [2.24, 2.45) is 5.92 Å². The molecule has 1 unspecified atom stereocenters. The highest BCUT2D eigenvalue weighted by Gasteiger charge is 2.15. The van der Waals surface area contributed by atoms with Crippen molar-refractivity contribution in [3.63, 3.8) is 0 Å². The lowest BCUT2D eigenvalue weighted by Crippen LogP contribution is -2.44. The highest BCUT2D eigenvalue weighted by Crippen LogP contribution is 2.05. The first kappa shape index (κ1) is 16.9. The fourth-order valence-corrected chi connectivity index (χ4v) is 1.69. The fourth-order valence-electron chi connectivity index (χ4n) is 1.69. The van der Waals surface area contributed by atoms with E-state index in [1.165, 1.54) is 0 Å². The Labute approximate surface area is 108 Å². The first-order chi connectivity index (χ1) is 8.31. The zero-order valence-corrected chi connectivity index (χ0v) is 11.6. The van der Waals surface area contributed by atoms with Crippen LogP contribution in [-0.2, 0) is 14.3 Å². The topological polar surface area (TPSA) is 78.9 Å². The third kappa shape index (κ3) is 10.0. The van der Waals surface area contributed by atoms with Crippen LogP contribution >= 0.6 is 0 Å². The van der Waals surface area contributed by atoms with Crippen LogP contribution in [0, 0.1) is 5.92 Å². The summed E-state index contributed by atoms with van der Waals surface area (Å²) < 4.78 is 4.74. The predicted octanol–water partition coefficient (Wildman–Crippen LogP) is 0.180. The van der Waals surface area contributed by atoms with Gasteiger partial charge in [0.1, 0.15) is 13.2 Å². The normalized spacial score (nSPS) is 12.8. The van der Waals surface area contributed by atoms with Crippen molar-refractivity contribution in [2.75, 3.05) is 33.9 Å². The van der Waals surface area contributed by atoms with E-state index in [1.54, 1.807) is 0 Å². The molecule has 0 bridgehead atoms. The quantitative estimate of drug-likeness (QED) is 0.618. The fraction of sp³-hybridized carbons (Fsp3) is 0.833. The molecule has 2 N–H and O–H groups in total.